The first kappa shape index (κ1) is 19.4. The number of carbonyl (C=O) groups is 3. The maximum absolute atomic E-state index is 13.4. The summed E-state index contributed by atoms with van der Waals surface area (Å²) in [6.07, 6.45) is 0.564. The highest BCUT2D eigenvalue weighted by Crippen LogP contribution is 2.54. The number of hydrogen-bond donors (Lipinski definition) is 2. The van der Waals surface area contributed by atoms with Crippen molar-refractivity contribution in [1.29, 1.82) is 0 Å². The molecule has 3 aliphatic heterocycles. The summed E-state index contributed by atoms with van der Waals surface area (Å²) >= 11 is 6.21. The highest BCUT2D eigenvalue weighted by Gasteiger charge is 2.70. The lowest BCUT2D eigenvalue weighted by Crippen LogP contribution is -2.54. The van der Waals surface area contributed by atoms with Crippen LogP contribution >= 0.6 is 11.6 Å². The number of halogens is 1. The number of hydrogen-bond acceptors (Lipinski definition) is 5. The summed E-state index contributed by atoms with van der Waals surface area (Å²) in [7, 11) is 1.58. The van der Waals surface area contributed by atoms with E-state index in [1.54, 1.807) is 25.3 Å². The van der Waals surface area contributed by atoms with Crippen molar-refractivity contribution >= 4 is 35.0 Å². The van der Waals surface area contributed by atoms with E-state index in [-0.39, 0.29) is 29.7 Å². The Labute approximate surface area is 168 Å². The third-order valence-corrected chi connectivity index (χ3v) is 6.39. The van der Waals surface area contributed by atoms with E-state index in [0.29, 0.717) is 35.8 Å². The number of nitrogens with zero attached hydrogens (tertiary/aromatic N) is 1. The van der Waals surface area contributed by atoms with Crippen molar-refractivity contribution in [3.63, 3.8) is 0 Å². The quantitative estimate of drug-likeness (QED) is 0.575. The summed E-state index contributed by atoms with van der Waals surface area (Å²) in [5, 5.41) is 6.74. The van der Waals surface area contributed by atoms with Crippen LogP contribution in [0.15, 0.2) is 18.2 Å². The van der Waals surface area contributed by atoms with Gasteiger partial charge in [0.05, 0.1) is 11.8 Å². The number of benzene rings is 1. The lowest BCUT2D eigenvalue weighted by atomic mass is 9.76. The van der Waals surface area contributed by atoms with Gasteiger partial charge in [-0.1, -0.05) is 25.4 Å². The Morgan fingerprint density at radius 1 is 1.25 bits per heavy atom. The van der Waals surface area contributed by atoms with E-state index in [1.807, 2.05) is 13.8 Å². The van der Waals surface area contributed by atoms with Crippen LogP contribution in [0, 0.1) is 17.8 Å². The van der Waals surface area contributed by atoms with Gasteiger partial charge in [0.15, 0.2) is 0 Å². The van der Waals surface area contributed by atoms with E-state index < -0.39 is 17.4 Å². The van der Waals surface area contributed by atoms with Gasteiger partial charge in [0.25, 0.3) is 0 Å². The van der Waals surface area contributed by atoms with Gasteiger partial charge in [-0.3, -0.25) is 24.6 Å². The molecule has 0 radical (unpaired) electrons. The van der Waals surface area contributed by atoms with E-state index >= 15 is 0 Å². The number of fused-ring (bicyclic) bond motifs is 4. The summed E-state index contributed by atoms with van der Waals surface area (Å²) in [4.78, 5) is 41.1. The maximum Gasteiger partial charge on any atom is 0.250 e. The highest BCUT2D eigenvalue weighted by molar-refractivity contribution is 6.31. The summed E-state index contributed by atoms with van der Waals surface area (Å²) in [5.74, 6) is -2.11. The molecule has 1 aromatic rings. The molecule has 3 aliphatic rings. The van der Waals surface area contributed by atoms with Crippen LogP contribution in [-0.4, -0.2) is 48.9 Å². The first-order valence-corrected chi connectivity index (χ1v) is 9.94. The number of likely N-dealkylation sites (tertiary alicyclic amines) is 1. The normalized spacial score (nSPS) is 31.1. The number of imide groups is 1. The van der Waals surface area contributed by atoms with Crippen molar-refractivity contribution in [2.75, 3.05) is 25.6 Å². The number of methoxy groups -OCH3 is 1. The molecule has 7 nitrogen and oxygen atoms in total. The third kappa shape index (κ3) is 2.53. The van der Waals surface area contributed by atoms with Gasteiger partial charge < -0.3 is 10.1 Å². The number of amides is 3. The van der Waals surface area contributed by atoms with Gasteiger partial charge in [0.2, 0.25) is 17.7 Å². The molecule has 4 atom stereocenters. The van der Waals surface area contributed by atoms with Crippen molar-refractivity contribution < 1.29 is 19.1 Å². The molecular weight excluding hydrogens is 382 g/mol. The van der Waals surface area contributed by atoms with Gasteiger partial charge in [-0.25, -0.2) is 0 Å². The second kappa shape index (κ2) is 6.83. The molecule has 4 rings (SSSR count). The average molecular weight is 406 g/mol. The number of anilines is 1. The predicted octanol–water partition coefficient (Wildman–Crippen LogP) is 1.75. The van der Waals surface area contributed by atoms with Crippen molar-refractivity contribution in [2.45, 2.75) is 31.8 Å². The smallest absolute Gasteiger partial charge is 0.250 e. The van der Waals surface area contributed by atoms with E-state index in [2.05, 4.69) is 10.6 Å². The molecule has 8 heteroatoms. The van der Waals surface area contributed by atoms with Crippen LogP contribution in [0.4, 0.5) is 5.69 Å². The standard InChI is InChI=1S/C20H24ClN3O4/c1-10(2)16-14-15(18(26)24(17(14)25)7-4-8-28-3)20(23-16)12-9-11(21)5-6-13(12)22-19(20)27/h5-6,9-10,14-16,23H,4,7-8H2,1-3H3,(H,22,27). The number of rotatable bonds is 5. The van der Waals surface area contributed by atoms with Gasteiger partial charge in [-0.2, -0.15) is 0 Å². The number of ether oxygens (including phenoxy) is 1. The van der Waals surface area contributed by atoms with Crippen molar-refractivity contribution in [3.05, 3.63) is 28.8 Å². The Bertz CT molecular complexity index is 858. The summed E-state index contributed by atoms with van der Waals surface area (Å²) < 4.78 is 5.06. The summed E-state index contributed by atoms with van der Waals surface area (Å²) in [5.41, 5.74) is -0.00560. The lowest BCUT2D eigenvalue weighted by molar-refractivity contribution is -0.143. The van der Waals surface area contributed by atoms with Crippen LogP contribution in [0.1, 0.15) is 25.8 Å². The molecule has 0 aliphatic carbocycles. The lowest BCUT2D eigenvalue weighted by Gasteiger charge is -2.30. The molecule has 28 heavy (non-hydrogen) atoms. The number of nitrogens with one attached hydrogen (secondary N) is 2. The molecule has 2 fully saturated rings. The fraction of sp³-hybridized carbons (Fsp3) is 0.550. The summed E-state index contributed by atoms with van der Waals surface area (Å²) in [6.45, 7) is 4.74. The molecule has 1 aromatic carbocycles. The van der Waals surface area contributed by atoms with Gasteiger partial charge in [-0.05, 0) is 30.5 Å². The van der Waals surface area contributed by atoms with Crippen LogP contribution in [0.2, 0.25) is 5.02 Å². The Morgan fingerprint density at radius 3 is 2.68 bits per heavy atom. The molecule has 0 bridgehead atoms. The molecule has 1 spiro atoms. The van der Waals surface area contributed by atoms with Gasteiger partial charge in [0.1, 0.15) is 5.54 Å². The molecule has 3 amide bonds. The fourth-order valence-corrected chi connectivity index (χ4v) is 5.10. The van der Waals surface area contributed by atoms with E-state index in [0.717, 1.165) is 0 Å². The van der Waals surface area contributed by atoms with Crippen LogP contribution < -0.4 is 10.6 Å². The molecule has 0 aromatic heterocycles. The molecular formula is C20H24ClN3O4. The van der Waals surface area contributed by atoms with Crippen molar-refractivity contribution in [2.24, 2.45) is 17.8 Å². The highest BCUT2D eigenvalue weighted by atomic mass is 35.5. The zero-order valence-electron chi connectivity index (χ0n) is 16.1. The Morgan fingerprint density at radius 2 is 2.00 bits per heavy atom. The molecule has 2 saturated heterocycles. The first-order chi connectivity index (χ1) is 13.3. The second-order valence-electron chi connectivity index (χ2n) is 8.04. The van der Waals surface area contributed by atoms with Gasteiger partial charge in [0, 0.05) is 42.6 Å². The van der Waals surface area contributed by atoms with E-state index in [4.69, 9.17) is 16.3 Å². The predicted molar refractivity (Wildman–Crippen MR) is 104 cm³/mol. The third-order valence-electron chi connectivity index (χ3n) is 6.15. The van der Waals surface area contributed by atoms with Gasteiger partial charge >= 0.3 is 0 Å². The van der Waals surface area contributed by atoms with Crippen molar-refractivity contribution in [1.82, 2.24) is 10.2 Å². The monoisotopic (exact) mass is 405 g/mol. The minimum absolute atomic E-state index is 0.0681. The molecule has 0 saturated carbocycles. The zero-order chi connectivity index (χ0) is 20.2. The Balaban J connectivity index is 1.81. The molecule has 4 unspecified atom stereocenters. The van der Waals surface area contributed by atoms with Gasteiger partial charge in [-0.15, -0.1) is 0 Å². The van der Waals surface area contributed by atoms with Crippen LogP contribution in [0.3, 0.4) is 0 Å². The van der Waals surface area contributed by atoms with Crippen LogP contribution in [0.25, 0.3) is 0 Å². The molecule has 150 valence electrons. The second-order valence-corrected chi connectivity index (χ2v) is 8.48. The fourth-order valence-electron chi connectivity index (χ4n) is 4.93. The molecule has 3 heterocycles. The zero-order valence-corrected chi connectivity index (χ0v) is 16.9. The SMILES string of the molecule is COCCCN1C(=O)C2C(C(C)C)NC3(C(=O)Nc4ccc(Cl)cc43)C2C1=O. The minimum atomic E-state index is -1.28. The van der Waals surface area contributed by atoms with Crippen LogP contribution in [0.5, 0.6) is 0 Å². The minimum Gasteiger partial charge on any atom is -0.385 e. The average Bonchev–Trinajstić information content (AvgIpc) is 3.23. The van der Waals surface area contributed by atoms with E-state index in [1.165, 1.54) is 4.90 Å². The van der Waals surface area contributed by atoms with E-state index in [9.17, 15) is 14.4 Å². The maximum atomic E-state index is 13.4. The number of carbonyl (C=O) groups excluding carboxylic acids is 3. The molecule has 2 N–H and O–H groups in total. The Kier molecular flexibility index (Phi) is 4.72. The summed E-state index contributed by atoms with van der Waals surface area (Å²) in [6, 6.07) is 4.86. The Hall–Kier alpha value is -1.96. The topological polar surface area (TPSA) is 87.7 Å². The van der Waals surface area contributed by atoms with Crippen LogP contribution in [-0.2, 0) is 24.7 Å². The largest absolute Gasteiger partial charge is 0.385 e. The van der Waals surface area contributed by atoms with Crippen molar-refractivity contribution in [3.8, 4) is 0 Å². The first-order valence-electron chi connectivity index (χ1n) is 9.56.